The Labute approximate surface area is 182 Å². The van der Waals surface area contributed by atoms with Crippen molar-refractivity contribution in [3.63, 3.8) is 0 Å². The van der Waals surface area contributed by atoms with Gasteiger partial charge in [-0.25, -0.2) is 4.98 Å². The third kappa shape index (κ3) is 3.25. The standard InChI is InChI=1S/C27H26N2O2/c30-23-10-6-9-20-15-21(29-27(26(20)23)13-4-5-14-27)17-25-28-22-16-19(11-12-24(22)31-25)18-7-2-1-3-8-18/h1-3,7-8,11-12,16H,4-6,9-10,13-15,17H2. The quantitative estimate of drug-likeness (QED) is 0.513. The van der Waals surface area contributed by atoms with E-state index in [2.05, 4.69) is 24.3 Å². The van der Waals surface area contributed by atoms with Crippen LogP contribution in [0.3, 0.4) is 0 Å². The molecule has 2 heterocycles. The molecule has 156 valence electrons. The van der Waals surface area contributed by atoms with Crippen molar-refractivity contribution in [2.45, 2.75) is 63.3 Å². The molecular formula is C27H26N2O2. The Morgan fingerprint density at radius 1 is 0.935 bits per heavy atom. The SMILES string of the molecule is O=C1CCCC2=C1C1(CCCC1)N=C(Cc1nc3cc(-c4ccccc4)ccc3o1)C2. The van der Waals surface area contributed by atoms with Crippen LogP contribution in [0, 0.1) is 0 Å². The van der Waals surface area contributed by atoms with Crippen LogP contribution in [0.2, 0.25) is 0 Å². The topological polar surface area (TPSA) is 55.5 Å². The summed E-state index contributed by atoms with van der Waals surface area (Å²) in [5, 5.41) is 0. The van der Waals surface area contributed by atoms with E-state index >= 15 is 0 Å². The number of aromatic nitrogens is 1. The summed E-state index contributed by atoms with van der Waals surface area (Å²) in [5.74, 6) is 1.07. The molecule has 0 bridgehead atoms. The van der Waals surface area contributed by atoms with Crippen LogP contribution in [0.15, 0.2) is 69.1 Å². The van der Waals surface area contributed by atoms with Crippen LogP contribution in [0.4, 0.5) is 0 Å². The molecule has 2 aliphatic carbocycles. The van der Waals surface area contributed by atoms with Gasteiger partial charge in [-0.2, -0.15) is 0 Å². The van der Waals surface area contributed by atoms with Crippen molar-refractivity contribution in [2.75, 3.05) is 0 Å². The fraction of sp³-hybridized carbons (Fsp3) is 0.370. The van der Waals surface area contributed by atoms with Crippen LogP contribution in [-0.2, 0) is 11.2 Å². The molecule has 1 fully saturated rings. The molecule has 1 saturated carbocycles. The molecule has 31 heavy (non-hydrogen) atoms. The first kappa shape index (κ1) is 18.7. The van der Waals surface area contributed by atoms with Crippen molar-refractivity contribution in [3.8, 4) is 11.1 Å². The number of hydrogen-bond donors (Lipinski definition) is 0. The van der Waals surface area contributed by atoms with E-state index in [9.17, 15) is 4.79 Å². The van der Waals surface area contributed by atoms with E-state index in [4.69, 9.17) is 14.4 Å². The van der Waals surface area contributed by atoms with Gasteiger partial charge in [0.2, 0.25) is 5.89 Å². The normalized spacial score (nSPS) is 20.4. The summed E-state index contributed by atoms with van der Waals surface area (Å²) < 4.78 is 6.09. The van der Waals surface area contributed by atoms with Gasteiger partial charge in [-0.15, -0.1) is 0 Å². The zero-order valence-corrected chi connectivity index (χ0v) is 17.7. The first-order valence-electron chi connectivity index (χ1n) is 11.5. The fourth-order valence-electron chi connectivity index (χ4n) is 5.78. The van der Waals surface area contributed by atoms with Crippen molar-refractivity contribution in [1.29, 1.82) is 0 Å². The summed E-state index contributed by atoms with van der Waals surface area (Å²) in [6.45, 7) is 0. The maximum Gasteiger partial charge on any atom is 0.201 e. The summed E-state index contributed by atoms with van der Waals surface area (Å²) >= 11 is 0. The van der Waals surface area contributed by atoms with Crippen LogP contribution in [0.25, 0.3) is 22.2 Å². The Morgan fingerprint density at radius 3 is 2.61 bits per heavy atom. The number of allylic oxidation sites excluding steroid dienone is 1. The van der Waals surface area contributed by atoms with Gasteiger partial charge in [-0.05, 0) is 48.9 Å². The number of hydrogen-bond acceptors (Lipinski definition) is 4. The third-order valence-electron chi connectivity index (χ3n) is 7.09. The molecular weight excluding hydrogens is 384 g/mol. The number of carbonyl (C=O) groups excluding carboxylic acids is 1. The minimum atomic E-state index is -0.257. The van der Waals surface area contributed by atoms with Crippen molar-refractivity contribution in [1.82, 2.24) is 4.98 Å². The molecule has 1 aromatic heterocycles. The summed E-state index contributed by atoms with van der Waals surface area (Å²) in [6.07, 6.45) is 8.48. The van der Waals surface area contributed by atoms with Crippen LogP contribution in [-0.4, -0.2) is 22.0 Å². The summed E-state index contributed by atoms with van der Waals surface area (Å²) in [7, 11) is 0. The second-order valence-corrected chi connectivity index (χ2v) is 9.18. The van der Waals surface area contributed by atoms with E-state index in [-0.39, 0.29) is 5.54 Å². The predicted octanol–water partition coefficient (Wildman–Crippen LogP) is 6.24. The maximum absolute atomic E-state index is 12.8. The zero-order valence-electron chi connectivity index (χ0n) is 17.7. The first-order valence-corrected chi connectivity index (χ1v) is 11.5. The number of benzene rings is 2. The average Bonchev–Trinajstić information content (AvgIpc) is 3.40. The van der Waals surface area contributed by atoms with Crippen molar-refractivity contribution >= 4 is 22.6 Å². The molecule has 4 nitrogen and oxygen atoms in total. The molecule has 0 radical (unpaired) electrons. The number of aliphatic imine (C=N–C) groups is 1. The van der Waals surface area contributed by atoms with Crippen LogP contribution < -0.4 is 0 Å². The van der Waals surface area contributed by atoms with E-state index in [0.29, 0.717) is 18.6 Å². The van der Waals surface area contributed by atoms with Crippen LogP contribution in [0.1, 0.15) is 57.3 Å². The Balaban J connectivity index is 1.32. The second-order valence-electron chi connectivity index (χ2n) is 9.18. The number of oxazole rings is 1. The molecule has 6 rings (SSSR count). The van der Waals surface area contributed by atoms with Crippen LogP contribution >= 0.6 is 0 Å². The maximum atomic E-state index is 12.8. The number of carbonyl (C=O) groups is 1. The summed E-state index contributed by atoms with van der Waals surface area (Å²) in [4.78, 5) is 22.8. The van der Waals surface area contributed by atoms with Gasteiger partial charge in [0.05, 0.1) is 12.0 Å². The van der Waals surface area contributed by atoms with Gasteiger partial charge in [0, 0.05) is 24.1 Å². The Kier molecular flexibility index (Phi) is 4.41. The van der Waals surface area contributed by atoms with Gasteiger partial charge in [0.1, 0.15) is 5.52 Å². The highest BCUT2D eigenvalue weighted by Crippen LogP contribution is 2.47. The largest absolute Gasteiger partial charge is 0.440 e. The molecule has 3 aromatic rings. The van der Waals surface area contributed by atoms with Crippen molar-refractivity contribution in [3.05, 3.63) is 65.6 Å². The lowest BCUT2D eigenvalue weighted by Gasteiger charge is -2.37. The average molecular weight is 411 g/mol. The Hall–Kier alpha value is -3.01. The highest BCUT2D eigenvalue weighted by molar-refractivity contribution is 6.03. The lowest BCUT2D eigenvalue weighted by Crippen LogP contribution is -2.38. The number of ketones is 1. The lowest BCUT2D eigenvalue weighted by molar-refractivity contribution is -0.116. The number of nitrogens with zero attached hydrogens (tertiary/aromatic N) is 2. The first-order chi connectivity index (χ1) is 15.2. The highest BCUT2D eigenvalue weighted by atomic mass is 16.3. The minimum Gasteiger partial charge on any atom is -0.440 e. The number of fused-ring (bicyclic) bond motifs is 2. The second kappa shape index (κ2) is 7.30. The molecule has 3 aliphatic rings. The summed E-state index contributed by atoms with van der Waals surface area (Å²) in [6, 6.07) is 16.5. The molecule has 1 spiro atoms. The van der Waals surface area contributed by atoms with Gasteiger partial charge < -0.3 is 4.42 Å². The van der Waals surface area contributed by atoms with Crippen molar-refractivity contribution < 1.29 is 9.21 Å². The van der Waals surface area contributed by atoms with E-state index in [1.807, 2.05) is 24.3 Å². The number of dihydropyridines is 1. The number of rotatable bonds is 3. The molecule has 0 atom stereocenters. The van der Waals surface area contributed by atoms with Crippen molar-refractivity contribution in [2.24, 2.45) is 4.99 Å². The van der Waals surface area contributed by atoms with Gasteiger partial charge in [0.25, 0.3) is 0 Å². The molecule has 0 unspecified atom stereocenters. The third-order valence-corrected chi connectivity index (χ3v) is 7.09. The molecule has 0 amide bonds. The Bertz CT molecular complexity index is 1230. The van der Waals surface area contributed by atoms with Gasteiger partial charge >= 0.3 is 0 Å². The predicted molar refractivity (Wildman–Crippen MR) is 122 cm³/mol. The molecule has 2 aromatic carbocycles. The van der Waals surface area contributed by atoms with E-state index < -0.39 is 0 Å². The molecule has 4 heteroatoms. The van der Waals surface area contributed by atoms with Gasteiger partial charge in [-0.1, -0.05) is 54.8 Å². The lowest BCUT2D eigenvalue weighted by atomic mass is 9.73. The number of Topliss-reactive ketones (excluding diaryl/α,β-unsaturated/α-hetero) is 1. The smallest absolute Gasteiger partial charge is 0.201 e. The zero-order chi connectivity index (χ0) is 20.8. The fourth-order valence-corrected chi connectivity index (χ4v) is 5.78. The minimum absolute atomic E-state index is 0.257. The summed E-state index contributed by atoms with van der Waals surface area (Å²) in [5.41, 5.74) is 7.30. The van der Waals surface area contributed by atoms with Gasteiger partial charge in [-0.3, -0.25) is 9.79 Å². The molecule has 0 saturated heterocycles. The van der Waals surface area contributed by atoms with E-state index in [1.54, 1.807) is 0 Å². The monoisotopic (exact) mass is 410 g/mol. The molecule has 1 aliphatic heterocycles. The van der Waals surface area contributed by atoms with E-state index in [1.165, 1.54) is 11.1 Å². The van der Waals surface area contributed by atoms with Crippen LogP contribution in [0.5, 0.6) is 0 Å². The van der Waals surface area contributed by atoms with E-state index in [0.717, 1.165) is 78.8 Å². The van der Waals surface area contributed by atoms with Gasteiger partial charge in [0.15, 0.2) is 11.4 Å². The highest BCUT2D eigenvalue weighted by Gasteiger charge is 2.45. The Morgan fingerprint density at radius 2 is 1.77 bits per heavy atom. The molecule has 0 N–H and O–H groups in total.